The van der Waals surface area contributed by atoms with Crippen LogP contribution in [0.2, 0.25) is 10.0 Å². The Morgan fingerprint density at radius 1 is 0.608 bits per heavy atom. The molecule has 11 bridgehead atoms. The maximum atomic E-state index is 15.9. The number of nitrogens with one attached hydrogen (secondary N) is 7. The summed E-state index contributed by atoms with van der Waals surface area (Å²) in [7, 11) is 1.46. The third-order valence-corrected chi connectivity index (χ3v) is 18.1. The van der Waals surface area contributed by atoms with Gasteiger partial charge in [0.05, 0.1) is 35.7 Å². The van der Waals surface area contributed by atoms with Crippen molar-refractivity contribution in [3.8, 4) is 57.1 Å². The first-order valence-corrected chi connectivity index (χ1v) is 32.2. The molecule has 19 atom stereocenters. The largest absolute Gasteiger partial charge is 0.508 e. The Bertz CT molecular complexity index is 4080. The van der Waals surface area contributed by atoms with E-state index in [1.54, 1.807) is 13.8 Å². The van der Waals surface area contributed by atoms with Crippen molar-refractivity contribution in [1.82, 2.24) is 37.2 Å². The summed E-state index contributed by atoms with van der Waals surface area (Å²) in [6.45, 7) is 1.59. The summed E-state index contributed by atoms with van der Waals surface area (Å²) < 4.78 is 36.6. The number of ether oxygens (including phenoxy) is 6. The molecule has 102 heavy (non-hydrogen) atoms. The van der Waals surface area contributed by atoms with E-state index in [1.165, 1.54) is 13.1 Å². The van der Waals surface area contributed by atoms with Crippen molar-refractivity contribution in [2.75, 3.05) is 20.3 Å². The second-order valence-corrected chi connectivity index (χ2v) is 25.8. The molecule has 37 heteroatoms. The normalized spacial score (nSPS) is 29.3. The van der Waals surface area contributed by atoms with Crippen molar-refractivity contribution >= 4 is 70.5 Å². The Kier molecular flexibility index (Phi) is 23.0. The van der Waals surface area contributed by atoms with E-state index < -0.39 is 261 Å². The predicted molar refractivity (Wildman–Crippen MR) is 346 cm³/mol. The molecule has 2 fully saturated rings. The van der Waals surface area contributed by atoms with E-state index >= 15 is 14.4 Å². The van der Waals surface area contributed by atoms with Gasteiger partial charge in [-0.2, -0.15) is 0 Å². The fourth-order valence-electron chi connectivity index (χ4n) is 12.2. The number of aliphatic carboxylic acids is 1. The number of phenols is 3. The number of hydrogen-bond donors (Lipinski definition) is 21. The first-order valence-electron chi connectivity index (χ1n) is 31.4. The molecule has 7 amide bonds. The lowest BCUT2D eigenvalue weighted by Gasteiger charge is -2.45. The van der Waals surface area contributed by atoms with Gasteiger partial charge in [-0.3, -0.25) is 33.6 Å². The number of phenolic OH excluding ortho intramolecular Hbond substituents is 3. The quantitative estimate of drug-likeness (QED) is 0.0555. The Morgan fingerprint density at radius 2 is 1.19 bits per heavy atom. The smallest absolute Gasteiger partial charge is 0.330 e. The highest BCUT2D eigenvalue weighted by Crippen LogP contribution is 2.50. The lowest BCUT2D eigenvalue weighted by molar-refractivity contribution is -0.352. The topological polar surface area (TPSA) is 565 Å². The molecular weight excluding hydrogens is 1400 g/mol. The number of carbonyl (C=O) groups is 8. The highest BCUT2D eigenvalue weighted by atomic mass is 35.5. The third kappa shape index (κ3) is 15.7. The van der Waals surface area contributed by atoms with Crippen LogP contribution in [0.3, 0.4) is 0 Å². The van der Waals surface area contributed by atoms with Crippen molar-refractivity contribution in [3.05, 3.63) is 117 Å². The Morgan fingerprint density at radius 3 is 1.77 bits per heavy atom. The number of hydrogen-bond acceptors (Lipinski definition) is 27. The molecule has 5 aromatic carbocycles. The number of carboxylic acid groups (broad SMARTS) is 1. The second-order valence-electron chi connectivity index (χ2n) is 25.0. The van der Waals surface area contributed by atoms with Crippen LogP contribution in [0, 0.1) is 5.92 Å². The average molecular weight is 1470 g/mol. The lowest BCUT2D eigenvalue weighted by atomic mass is 9.89. The minimum Gasteiger partial charge on any atom is -0.508 e. The van der Waals surface area contributed by atoms with E-state index in [9.17, 15) is 90.4 Å². The summed E-state index contributed by atoms with van der Waals surface area (Å²) in [6, 6.07) is -1.36. The van der Waals surface area contributed by atoms with Crippen LogP contribution in [-0.4, -0.2) is 220 Å². The summed E-state index contributed by atoms with van der Waals surface area (Å²) in [5.41, 5.74) is 2.66. The monoisotopic (exact) mass is 1470 g/mol. The number of fused-ring (bicyclic) bond motifs is 15. The van der Waals surface area contributed by atoms with Gasteiger partial charge in [-0.25, -0.2) is 4.79 Å². The first-order chi connectivity index (χ1) is 48.3. The zero-order valence-corrected chi connectivity index (χ0v) is 55.3. The van der Waals surface area contributed by atoms with Gasteiger partial charge in [0.15, 0.2) is 23.8 Å². The molecule has 9 unspecified atom stereocenters. The molecule has 2 saturated heterocycles. The Balaban J connectivity index is 1.20. The van der Waals surface area contributed by atoms with Crippen molar-refractivity contribution in [1.29, 1.82) is 0 Å². The number of aliphatic hydroxyl groups excluding tert-OH is 9. The number of nitrogens with two attached hydrogens (primary N) is 1. The van der Waals surface area contributed by atoms with Crippen molar-refractivity contribution < 1.29 is 133 Å². The third-order valence-electron chi connectivity index (χ3n) is 17.5. The SMILES string of the molecule is CN[C@H](CC(C)C)C(=O)NC1C(=O)NC(CC(N)=O)C(=O)NC2C(=O)N[C@H]3C(=O)N[C@H](C(=O)NC(C(=O)O)c4cc(O)cc(O)c4-c4cc3ccc4O)[C@H](O)c3ccc(c(Cl)c3)Oc3cc2cc(c3O[C@@H]2O[C@H](CO)C(O[C@@H]3O[C@H](CO)C(O)[C@H](O)C3O)[C@H](O)C2O)Oc2ccc(cc2Cl)C1O. The molecule has 0 spiro atoms. The number of aromatic hydroxyl groups is 3. The number of carbonyl (C=O) groups excluding carboxylic acids is 7. The van der Waals surface area contributed by atoms with E-state index in [0.29, 0.717) is 0 Å². The lowest BCUT2D eigenvalue weighted by Crippen LogP contribution is -2.65. The average Bonchev–Trinajstić information content (AvgIpc) is 0.769. The number of halogens is 2. The van der Waals surface area contributed by atoms with Gasteiger partial charge >= 0.3 is 5.97 Å². The molecule has 0 aromatic heterocycles. The van der Waals surface area contributed by atoms with Crippen LogP contribution in [0.15, 0.2) is 78.9 Å². The molecular formula is C65H72Cl2N8O27. The van der Waals surface area contributed by atoms with Crippen LogP contribution >= 0.6 is 23.2 Å². The van der Waals surface area contributed by atoms with Crippen molar-refractivity contribution in [2.45, 2.75) is 143 Å². The fourth-order valence-corrected chi connectivity index (χ4v) is 12.7. The molecule has 0 radical (unpaired) electrons. The van der Waals surface area contributed by atoms with Crippen molar-refractivity contribution in [3.63, 3.8) is 0 Å². The Labute approximate surface area is 586 Å². The molecule has 22 N–H and O–H groups in total. The van der Waals surface area contributed by atoms with Crippen molar-refractivity contribution in [2.24, 2.45) is 11.7 Å². The minimum absolute atomic E-state index is 0.113. The van der Waals surface area contributed by atoms with Gasteiger partial charge in [-0.15, -0.1) is 0 Å². The summed E-state index contributed by atoms with van der Waals surface area (Å²) >= 11 is 14.0. The van der Waals surface area contributed by atoms with E-state index in [1.807, 2.05) is 0 Å². The highest BCUT2D eigenvalue weighted by molar-refractivity contribution is 6.32. The summed E-state index contributed by atoms with van der Waals surface area (Å²) in [4.78, 5) is 116. The molecule has 0 saturated carbocycles. The van der Waals surface area contributed by atoms with Gasteiger partial charge in [0.1, 0.15) is 120 Å². The standard InChI is InChI=1S/C65H72Cl2N8O27/c1-21(2)10-31(69-3)57(89)74-46-48(82)23-5-8-35(29(66)12-23)97-37-14-25-15-38(55(37)101-65-54(88)52(86)56(40(20-77)100-65)102-64-53(87)51(85)50(84)39(19-76)99-64)98-36-9-6-24(13-30(36)67)49(83)47-62(94)73-45(63(95)96)28-16-26(78)17-34(80)42(28)27-11-22(4-7-33(27)79)43(59(91)75-47)72-60(92)44(25)71-58(90)32(18-41(68)81)70-61(46)93/h4-9,11-17,21,31-32,39-40,43-54,56,64-65,69,76-80,82-88H,10,18-20H2,1-3H3,(H2,68,81)(H,70,93)(H,71,90)(H,72,92)(H,73,94)(H,74,89)(H,75,91)(H,95,96)/t31-,32?,39-,40-,43-,44?,45?,46?,47+,48?,49-,50?,51+,52-,53?,54?,56?,64+,65+/m1/s1. The summed E-state index contributed by atoms with van der Waals surface area (Å²) in [5, 5.41) is 162. The van der Waals surface area contributed by atoms with Gasteiger partial charge in [-0.1, -0.05) is 55.2 Å². The second kappa shape index (κ2) is 31.1. The number of aliphatic hydroxyl groups is 9. The highest BCUT2D eigenvalue weighted by Gasteiger charge is 2.52. The molecule has 548 valence electrons. The van der Waals surface area contributed by atoms with Gasteiger partial charge in [-0.05, 0) is 96.2 Å². The first kappa shape index (κ1) is 75.4. The predicted octanol–water partition coefficient (Wildman–Crippen LogP) is -2.31. The van der Waals surface area contributed by atoms with Gasteiger partial charge in [0.25, 0.3) is 0 Å². The van der Waals surface area contributed by atoms with Crippen LogP contribution in [0.4, 0.5) is 0 Å². The molecule has 7 aliphatic rings. The fraction of sp³-hybridized carbons (Fsp3) is 0.415. The van der Waals surface area contributed by atoms with Crippen LogP contribution < -0.4 is 57.2 Å². The minimum atomic E-state index is -2.38. The number of benzene rings is 5. The summed E-state index contributed by atoms with van der Waals surface area (Å²) in [5.74, 6) is -16.6. The number of rotatable bonds is 14. The van der Waals surface area contributed by atoms with E-state index in [2.05, 4.69) is 37.2 Å². The number of carboxylic acids is 1. The maximum absolute atomic E-state index is 15.9. The van der Waals surface area contributed by atoms with Crippen LogP contribution in [0.1, 0.15) is 84.8 Å². The number of primary amides is 1. The van der Waals surface area contributed by atoms with E-state index in [0.717, 1.165) is 72.8 Å². The van der Waals surface area contributed by atoms with Crippen LogP contribution in [-0.2, 0) is 52.6 Å². The van der Waals surface area contributed by atoms with E-state index in [4.69, 9.17) is 57.4 Å². The molecule has 7 aliphatic heterocycles. The van der Waals surface area contributed by atoms with Crippen LogP contribution in [0.25, 0.3) is 11.1 Å². The molecule has 7 heterocycles. The van der Waals surface area contributed by atoms with Crippen LogP contribution in [0.5, 0.6) is 46.0 Å². The molecule has 0 aliphatic carbocycles. The zero-order chi connectivity index (χ0) is 74.2. The molecule has 35 nitrogen and oxygen atoms in total. The van der Waals surface area contributed by atoms with Gasteiger partial charge in [0.2, 0.25) is 53.4 Å². The number of amides is 7. The zero-order valence-electron chi connectivity index (χ0n) is 53.7. The van der Waals surface area contributed by atoms with Gasteiger partial charge in [0, 0.05) is 22.8 Å². The number of likely N-dealkylation sites (N-methyl/N-ethyl adjacent to an activating group) is 1. The molecule has 5 aromatic rings. The molecule has 12 rings (SSSR count). The van der Waals surface area contributed by atoms with E-state index in [-0.39, 0.29) is 29.0 Å². The maximum Gasteiger partial charge on any atom is 0.330 e. The summed E-state index contributed by atoms with van der Waals surface area (Å²) in [6.07, 6.45) is -25.3. The Hall–Kier alpha value is -9.28. The van der Waals surface area contributed by atoms with Gasteiger partial charge < -0.3 is 138 Å².